The first kappa shape index (κ1) is 33.4. The number of ether oxygens (including phenoxy) is 2. The van der Waals surface area contributed by atoms with Gasteiger partial charge in [0.25, 0.3) is 5.91 Å². The fourth-order valence-corrected chi connectivity index (χ4v) is 4.85. The normalized spacial score (nSPS) is 11.6. The molecule has 0 saturated carbocycles. The third kappa shape index (κ3) is 10.7. The van der Waals surface area contributed by atoms with E-state index in [1.54, 1.807) is 0 Å². The number of aryl methyl sites for hydroxylation is 4. The van der Waals surface area contributed by atoms with Gasteiger partial charge < -0.3 is 24.6 Å². The number of hydrogen-bond donors (Lipinski definition) is 2. The van der Waals surface area contributed by atoms with Crippen molar-refractivity contribution in [2.75, 3.05) is 82.9 Å². The molecule has 0 aromatic heterocycles. The van der Waals surface area contributed by atoms with Crippen LogP contribution in [0.1, 0.15) is 43.0 Å². The molecule has 2 N–H and O–H groups in total. The number of anilines is 2. The van der Waals surface area contributed by atoms with Gasteiger partial charge in [0, 0.05) is 17.9 Å². The lowest BCUT2D eigenvalue weighted by molar-refractivity contribution is -0.917. The average molecular weight is 556 g/mol. The first-order chi connectivity index (χ1) is 19.1. The van der Waals surface area contributed by atoms with Crippen LogP contribution in [0.15, 0.2) is 36.4 Å². The van der Waals surface area contributed by atoms with Crippen molar-refractivity contribution in [2.45, 2.75) is 48.5 Å². The van der Waals surface area contributed by atoms with Gasteiger partial charge in [-0.2, -0.15) is 0 Å². The van der Waals surface area contributed by atoms with Crippen molar-refractivity contribution in [3.05, 3.63) is 58.7 Å². The van der Waals surface area contributed by atoms with E-state index < -0.39 is 0 Å². The van der Waals surface area contributed by atoms with Crippen molar-refractivity contribution >= 4 is 23.2 Å². The standard InChI is InChI=1S/C32H50N4O4/c1-8-35(23-29(37)33-31-25(4)13-11-14-26(31)5)17-19-39-21-22-40-20-18-36(9-2,10-3)24-30(38)34-32-27(6)15-12-16-28(32)7/h11-16H,8-10,17-24H2,1-7H3,(H-,33,34,37,38)/p+1. The van der Waals surface area contributed by atoms with Gasteiger partial charge in [0.1, 0.15) is 6.54 Å². The van der Waals surface area contributed by atoms with E-state index in [-0.39, 0.29) is 11.8 Å². The first-order valence-electron chi connectivity index (χ1n) is 14.6. The highest BCUT2D eigenvalue weighted by atomic mass is 16.5. The van der Waals surface area contributed by atoms with Gasteiger partial charge in [-0.25, -0.2) is 0 Å². The molecule has 0 atom stereocenters. The Morgan fingerprint density at radius 1 is 0.725 bits per heavy atom. The SMILES string of the molecule is CCN(CCOCCOCC[N+](CC)(CC)CC(=O)Nc1c(C)cccc1C)CC(=O)Nc1c(C)cccc1C. The maximum Gasteiger partial charge on any atom is 0.279 e. The molecule has 2 aromatic carbocycles. The van der Waals surface area contributed by atoms with Crippen LogP contribution in [-0.4, -0.2) is 93.4 Å². The maximum atomic E-state index is 12.9. The van der Waals surface area contributed by atoms with Gasteiger partial charge in [0.15, 0.2) is 6.54 Å². The number of nitrogens with one attached hydrogen (secondary N) is 2. The van der Waals surface area contributed by atoms with Gasteiger partial charge in [0.2, 0.25) is 5.91 Å². The number of benzene rings is 2. The van der Waals surface area contributed by atoms with Crippen LogP contribution >= 0.6 is 0 Å². The molecule has 8 nitrogen and oxygen atoms in total. The molecule has 0 unspecified atom stereocenters. The minimum Gasteiger partial charge on any atom is -0.378 e. The van der Waals surface area contributed by atoms with Gasteiger partial charge in [-0.05, 0) is 70.3 Å². The molecule has 2 amide bonds. The Morgan fingerprint density at radius 2 is 1.20 bits per heavy atom. The Labute approximate surface area is 241 Å². The number of quaternary nitrogens is 1. The van der Waals surface area contributed by atoms with E-state index in [1.807, 2.05) is 71.0 Å². The van der Waals surface area contributed by atoms with Crippen molar-refractivity contribution in [3.8, 4) is 0 Å². The molecule has 222 valence electrons. The Balaban J connectivity index is 1.67. The number of carbonyl (C=O) groups is 2. The predicted octanol–water partition coefficient (Wildman–Crippen LogP) is 4.71. The highest BCUT2D eigenvalue weighted by molar-refractivity contribution is 5.94. The summed E-state index contributed by atoms with van der Waals surface area (Å²) in [5, 5.41) is 6.18. The van der Waals surface area contributed by atoms with Crippen molar-refractivity contribution in [3.63, 3.8) is 0 Å². The molecule has 40 heavy (non-hydrogen) atoms. The minimum atomic E-state index is -0.0150. The predicted molar refractivity (Wildman–Crippen MR) is 164 cm³/mol. The summed E-state index contributed by atoms with van der Waals surface area (Å²) in [6.45, 7) is 21.1. The Morgan fingerprint density at radius 3 is 1.68 bits per heavy atom. The lowest BCUT2D eigenvalue weighted by Gasteiger charge is -2.36. The molecule has 0 radical (unpaired) electrons. The second-order valence-electron chi connectivity index (χ2n) is 10.6. The second-order valence-corrected chi connectivity index (χ2v) is 10.6. The van der Waals surface area contributed by atoms with Crippen LogP contribution < -0.4 is 10.6 Å². The zero-order valence-corrected chi connectivity index (χ0v) is 25.8. The summed E-state index contributed by atoms with van der Waals surface area (Å²) in [6.07, 6.45) is 0. The molecule has 8 heteroatoms. The Kier molecular flexibility index (Phi) is 14.3. The van der Waals surface area contributed by atoms with Gasteiger partial charge in [-0.15, -0.1) is 0 Å². The largest absolute Gasteiger partial charge is 0.378 e. The molecule has 2 aromatic rings. The third-order valence-electron chi connectivity index (χ3n) is 7.76. The molecule has 0 heterocycles. The van der Waals surface area contributed by atoms with E-state index >= 15 is 0 Å². The van der Waals surface area contributed by atoms with Gasteiger partial charge in [-0.1, -0.05) is 43.3 Å². The summed E-state index contributed by atoms with van der Waals surface area (Å²) < 4.78 is 12.3. The topological polar surface area (TPSA) is 79.9 Å². The van der Waals surface area contributed by atoms with E-state index in [1.165, 1.54) is 0 Å². The van der Waals surface area contributed by atoms with E-state index in [2.05, 4.69) is 29.4 Å². The summed E-state index contributed by atoms with van der Waals surface area (Å²) >= 11 is 0. The lowest BCUT2D eigenvalue weighted by Crippen LogP contribution is -2.53. The van der Waals surface area contributed by atoms with Crippen LogP contribution in [0.25, 0.3) is 0 Å². The maximum absolute atomic E-state index is 12.9. The Hall–Kier alpha value is -2.78. The number of para-hydroxylation sites is 2. The van der Waals surface area contributed by atoms with Crippen LogP contribution in [0, 0.1) is 27.7 Å². The molecule has 0 aliphatic rings. The van der Waals surface area contributed by atoms with Gasteiger partial charge >= 0.3 is 0 Å². The fourth-order valence-electron chi connectivity index (χ4n) is 4.85. The van der Waals surface area contributed by atoms with Crippen molar-refractivity contribution in [1.29, 1.82) is 0 Å². The van der Waals surface area contributed by atoms with Gasteiger partial charge in [0.05, 0.1) is 46.1 Å². The molecule has 0 bridgehead atoms. The summed E-state index contributed by atoms with van der Waals surface area (Å²) in [7, 11) is 0. The van der Waals surface area contributed by atoms with Crippen LogP contribution in [0.2, 0.25) is 0 Å². The zero-order valence-electron chi connectivity index (χ0n) is 25.8. The Bertz CT molecular complexity index is 1040. The number of rotatable bonds is 18. The second kappa shape index (κ2) is 17.1. The number of likely N-dealkylation sites (N-methyl/N-ethyl adjacent to an activating group) is 2. The molecular formula is C32H51N4O4+. The quantitative estimate of drug-likeness (QED) is 0.206. The molecular weight excluding hydrogens is 504 g/mol. The lowest BCUT2D eigenvalue weighted by atomic mass is 10.1. The minimum absolute atomic E-state index is 0.0150. The number of carbonyl (C=O) groups excluding carboxylic acids is 2. The van der Waals surface area contributed by atoms with Crippen molar-refractivity contribution in [2.24, 2.45) is 0 Å². The molecule has 0 fully saturated rings. The monoisotopic (exact) mass is 555 g/mol. The van der Waals surface area contributed by atoms with Crippen LogP contribution in [0.4, 0.5) is 11.4 Å². The van der Waals surface area contributed by atoms with E-state index in [4.69, 9.17) is 9.47 Å². The summed E-state index contributed by atoms with van der Waals surface area (Å²) in [4.78, 5) is 27.6. The number of nitrogens with zero attached hydrogens (tertiary/aromatic N) is 2. The van der Waals surface area contributed by atoms with E-state index in [0.29, 0.717) is 50.5 Å². The highest BCUT2D eigenvalue weighted by Gasteiger charge is 2.27. The summed E-state index contributed by atoms with van der Waals surface area (Å²) in [5.74, 6) is 0.0198. The molecule has 0 spiro atoms. The third-order valence-corrected chi connectivity index (χ3v) is 7.76. The van der Waals surface area contributed by atoms with E-state index in [9.17, 15) is 9.59 Å². The molecule has 2 rings (SSSR count). The van der Waals surface area contributed by atoms with E-state index in [0.717, 1.165) is 59.8 Å². The average Bonchev–Trinajstić information content (AvgIpc) is 2.93. The van der Waals surface area contributed by atoms with Gasteiger partial charge in [-0.3, -0.25) is 14.5 Å². The molecule has 0 aliphatic carbocycles. The van der Waals surface area contributed by atoms with Crippen LogP contribution in [-0.2, 0) is 19.1 Å². The van der Waals surface area contributed by atoms with Crippen molar-refractivity contribution in [1.82, 2.24) is 4.90 Å². The smallest absolute Gasteiger partial charge is 0.279 e. The molecule has 0 saturated heterocycles. The van der Waals surface area contributed by atoms with Crippen LogP contribution in [0.3, 0.4) is 0 Å². The first-order valence-corrected chi connectivity index (χ1v) is 14.6. The van der Waals surface area contributed by atoms with Crippen molar-refractivity contribution < 1.29 is 23.5 Å². The fraction of sp³-hybridized carbons (Fsp3) is 0.562. The highest BCUT2D eigenvalue weighted by Crippen LogP contribution is 2.20. The molecule has 0 aliphatic heterocycles. The summed E-state index contributed by atoms with van der Waals surface area (Å²) in [6, 6.07) is 12.0. The zero-order chi connectivity index (χ0) is 29.5. The number of hydrogen-bond acceptors (Lipinski definition) is 5. The summed E-state index contributed by atoms with van der Waals surface area (Å²) in [5.41, 5.74) is 6.09. The van der Waals surface area contributed by atoms with Crippen LogP contribution in [0.5, 0.6) is 0 Å². The number of amides is 2.